The molecule has 1 N–H and O–H groups in total. The van der Waals surface area contributed by atoms with Gasteiger partial charge >= 0.3 is 0 Å². The summed E-state index contributed by atoms with van der Waals surface area (Å²) in [6, 6.07) is 7.33. The molecule has 0 fully saturated rings. The number of amides is 1. The van der Waals surface area contributed by atoms with Crippen molar-refractivity contribution in [1.82, 2.24) is 19.7 Å². The summed E-state index contributed by atoms with van der Waals surface area (Å²) in [6.07, 6.45) is 4.41. The summed E-state index contributed by atoms with van der Waals surface area (Å²) in [7, 11) is 0. The van der Waals surface area contributed by atoms with Crippen molar-refractivity contribution in [1.29, 1.82) is 0 Å². The predicted molar refractivity (Wildman–Crippen MR) is 88.0 cm³/mol. The number of hydrogen-bond donors (Lipinski definition) is 1. The molecule has 0 spiro atoms. The monoisotopic (exact) mass is 327 g/mol. The van der Waals surface area contributed by atoms with Crippen molar-refractivity contribution in [2.24, 2.45) is 0 Å². The molecule has 2 heterocycles. The van der Waals surface area contributed by atoms with Gasteiger partial charge in [-0.15, -0.1) is 0 Å². The topological polar surface area (TPSA) is 72.7 Å². The fourth-order valence-electron chi connectivity index (χ4n) is 2.17. The average Bonchev–Trinajstić information content (AvgIpc) is 2.84. The average molecular weight is 328 g/mol. The van der Waals surface area contributed by atoms with E-state index in [-0.39, 0.29) is 11.6 Å². The van der Waals surface area contributed by atoms with E-state index < -0.39 is 0 Å². The van der Waals surface area contributed by atoms with E-state index in [1.165, 1.54) is 18.6 Å². The highest BCUT2D eigenvalue weighted by molar-refractivity contribution is 6.31. The maximum atomic E-state index is 12.0. The molecule has 0 aliphatic rings. The van der Waals surface area contributed by atoms with Gasteiger partial charge in [-0.2, -0.15) is 5.10 Å². The molecule has 1 amide bonds. The second-order valence-electron chi connectivity index (χ2n) is 4.99. The van der Waals surface area contributed by atoms with E-state index in [9.17, 15) is 4.79 Å². The first kappa shape index (κ1) is 15.2. The van der Waals surface area contributed by atoms with Gasteiger partial charge in [-0.05, 0) is 38.1 Å². The molecule has 0 unspecified atom stereocenters. The van der Waals surface area contributed by atoms with Crippen LogP contribution in [0.15, 0.2) is 42.9 Å². The van der Waals surface area contributed by atoms with Gasteiger partial charge in [0.15, 0.2) is 0 Å². The van der Waals surface area contributed by atoms with Crippen LogP contribution in [0.2, 0.25) is 5.02 Å². The molecule has 0 aliphatic heterocycles. The van der Waals surface area contributed by atoms with Gasteiger partial charge in [0.25, 0.3) is 5.91 Å². The number of halogens is 1. The minimum atomic E-state index is -0.306. The molecule has 0 atom stereocenters. The van der Waals surface area contributed by atoms with Gasteiger partial charge in [0, 0.05) is 18.1 Å². The van der Waals surface area contributed by atoms with Gasteiger partial charge in [0.05, 0.1) is 28.3 Å². The number of anilines is 1. The fourth-order valence-corrected chi connectivity index (χ4v) is 2.29. The highest BCUT2D eigenvalue weighted by atomic mass is 35.5. The number of rotatable bonds is 3. The van der Waals surface area contributed by atoms with Crippen molar-refractivity contribution < 1.29 is 4.79 Å². The standard InChI is InChI=1S/C16H14ClN5O/c1-10-15(17)11(2)22(21-10)13-5-3-12(4-6-13)20-16(23)14-9-18-7-8-19-14/h3-9H,1-2H3,(H,20,23). The second-order valence-corrected chi connectivity index (χ2v) is 5.37. The number of hydrogen-bond acceptors (Lipinski definition) is 4. The van der Waals surface area contributed by atoms with Crippen molar-refractivity contribution in [3.8, 4) is 5.69 Å². The van der Waals surface area contributed by atoms with Gasteiger partial charge in [-0.3, -0.25) is 9.78 Å². The number of benzene rings is 1. The van der Waals surface area contributed by atoms with Crippen molar-refractivity contribution in [2.45, 2.75) is 13.8 Å². The first-order valence-corrected chi connectivity index (χ1v) is 7.33. The van der Waals surface area contributed by atoms with E-state index in [0.717, 1.165) is 17.1 Å². The van der Waals surface area contributed by atoms with Crippen molar-refractivity contribution in [3.63, 3.8) is 0 Å². The Morgan fingerprint density at radius 2 is 1.91 bits per heavy atom. The molecule has 7 heteroatoms. The van der Waals surface area contributed by atoms with Gasteiger partial charge in [0.1, 0.15) is 5.69 Å². The highest BCUT2D eigenvalue weighted by Gasteiger charge is 2.11. The number of nitrogens with one attached hydrogen (secondary N) is 1. The minimum Gasteiger partial charge on any atom is -0.321 e. The zero-order valence-corrected chi connectivity index (χ0v) is 13.4. The van der Waals surface area contributed by atoms with Crippen molar-refractivity contribution in [3.05, 3.63) is 65.0 Å². The lowest BCUT2D eigenvalue weighted by atomic mass is 10.2. The fraction of sp³-hybridized carbons (Fsp3) is 0.125. The van der Waals surface area contributed by atoms with Gasteiger partial charge in [0.2, 0.25) is 0 Å². The van der Waals surface area contributed by atoms with E-state index in [1.807, 2.05) is 26.0 Å². The Bertz CT molecular complexity index is 843. The van der Waals surface area contributed by atoms with E-state index in [2.05, 4.69) is 20.4 Å². The van der Waals surface area contributed by atoms with Gasteiger partial charge in [-0.1, -0.05) is 11.6 Å². The van der Waals surface area contributed by atoms with Crippen LogP contribution in [0.4, 0.5) is 5.69 Å². The molecule has 23 heavy (non-hydrogen) atoms. The number of carbonyl (C=O) groups is 1. The van der Waals surface area contributed by atoms with E-state index in [0.29, 0.717) is 10.7 Å². The summed E-state index contributed by atoms with van der Waals surface area (Å²) in [5.41, 5.74) is 3.46. The molecule has 0 aliphatic carbocycles. The first-order valence-electron chi connectivity index (χ1n) is 6.96. The summed E-state index contributed by atoms with van der Waals surface area (Å²) in [6.45, 7) is 3.77. The number of aryl methyl sites for hydroxylation is 1. The molecule has 3 rings (SSSR count). The summed E-state index contributed by atoms with van der Waals surface area (Å²) < 4.78 is 1.77. The van der Waals surface area contributed by atoms with Crippen LogP contribution in [-0.4, -0.2) is 25.7 Å². The summed E-state index contributed by atoms with van der Waals surface area (Å²) >= 11 is 6.16. The molecular weight excluding hydrogens is 314 g/mol. The Morgan fingerprint density at radius 3 is 2.48 bits per heavy atom. The SMILES string of the molecule is Cc1nn(-c2ccc(NC(=O)c3cnccn3)cc2)c(C)c1Cl. The Morgan fingerprint density at radius 1 is 1.17 bits per heavy atom. The normalized spacial score (nSPS) is 10.6. The summed E-state index contributed by atoms with van der Waals surface area (Å²) in [4.78, 5) is 19.9. The van der Waals surface area contributed by atoms with E-state index >= 15 is 0 Å². The predicted octanol–water partition coefficient (Wildman–Crippen LogP) is 3.18. The van der Waals surface area contributed by atoms with Crippen LogP contribution in [0.5, 0.6) is 0 Å². The molecule has 0 saturated heterocycles. The quantitative estimate of drug-likeness (QED) is 0.802. The van der Waals surface area contributed by atoms with Crippen molar-refractivity contribution in [2.75, 3.05) is 5.32 Å². The molecule has 0 saturated carbocycles. The van der Waals surface area contributed by atoms with Gasteiger partial charge in [-0.25, -0.2) is 9.67 Å². The zero-order chi connectivity index (χ0) is 16.4. The van der Waals surface area contributed by atoms with Crippen LogP contribution in [0.25, 0.3) is 5.69 Å². The van der Waals surface area contributed by atoms with Crippen LogP contribution >= 0.6 is 11.6 Å². The molecule has 6 nitrogen and oxygen atoms in total. The Balaban J connectivity index is 1.80. The van der Waals surface area contributed by atoms with Crippen LogP contribution in [0.1, 0.15) is 21.9 Å². The van der Waals surface area contributed by atoms with Gasteiger partial charge < -0.3 is 5.32 Å². The second kappa shape index (κ2) is 6.18. The largest absolute Gasteiger partial charge is 0.321 e. The van der Waals surface area contributed by atoms with Crippen LogP contribution in [0.3, 0.4) is 0 Å². The maximum absolute atomic E-state index is 12.0. The lowest BCUT2D eigenvalue weighted by Gasteiger charge is -2.07. The van der Waals surface area contributed by atoms with Crippen LogP contribution in [-0.2, 0) is 0 Å². The number of carbonyl (C=O) groups excluding carboxylic acids is 1. The molecule has 1 aromatic carbocycles. The molecule has 3 aromatic rings. The Labute approximate surface area is 138 Å². The highest BCUT2D eigenvalue weighted by Crippen LogP contribution is 2.23. The van der Waals surface area contributed by atoms with Crippen LogP contribution in [0, 0.1) is 13.8 Å². The zero-order valence-electron chi connectivity index (χ0n) is 12.6. The molecule has 116 valence electrons. The Hall–Kier alpha value is -2.73. The molecule has 0 radical (unpaired) electrons. The smallest absolute Gasteiger partial charge is 0.275 e. The number of nitrogens with zero attached hydrogens (tertiary/aromatic N) is 4. The third-order valence-corrected chi connectivity index (χ3v) is 3.92. The minimum absolute atomic E-state index is 0.266. The van der Waals surface area contributed by atoms with E-state index in [4.69, 9.17) is 11.6 Å². The summed E-state index contributed by atoms with van der Waals surface area (Å²) in [5, 5.41) is 7.83. The molecular formula is C16H14ClN5O. The van der Waals surface area contributed by atoms with E-state index in [1.54, 1.807) is 16.8 Å². The first-order chi connectivity index (χ1) is 11.1. The molecule has 2 aromatic heterocycles. The van der Waals surface area contributed by atoms with Crippen molar-refractivity contribution >= 4 is 23.2 Å². The Kier molecular flexibility index (Phi) is 4.08. The van der Waals surface area contributed by atoms with Crippen LogP contribution < -0.4 is 5.32 Å². The maximum Gasteiger partial charge on any atom is 0.275 e. The lowest BCUT2D eigenvalue weighted by molar-refractivity contribution is 0.102. The summed E-state index contributed by atoms with van der Waals surface area (Å²) in [5.74, 6) is -0.306. The lowest BCUT2D eigenvalue weighted by Crippen LogP contribution is -2.13. The third-order valence-electron chi connectivity index (χ3n) is 3.37. The number of aromatic nitrogens is 4. The third kappa shape index (κ3) is 3.07. The molecule has 0 bridgehead atoms.